The zero-order valence-electron chi connectivity index (χ0n) is 14.9. The maximum Gasteiger partial charge on any atom is 0.317 e. The van der Waals surface area contributed by atoms with Crippen molar-refractivity contribution in [1.29, 1.82) is 0 Å². The molecule has 0 fully saturated rings. The topological polar surface area (TPSA) is 81.4 Å². The first-order valence-electron chi connectivity index (χ1n) is 8.39. The number of carbonyl (C=O) groups excluding carboxylic acids is 2. The monoisotopic (exact) mass is 416 g/mol. The van der Waals surface area contributed by atoms with E-state index in [2.05, 4.69) is 10.5 Å². The van der Waals surface area contributed by atoms with Crippen LogP contribution in [0.3, 0.4) is 0 Å². The Hall–Kier alpha value is -2.77. The lowest BCUT2D eigenvalue weighted by Crippen LogP contribution is -2.26. The Kier molecular flexibility index (Phi) is 6.73. The van der Waals surface area contributed by atoms with Gasteiger partial charge in [0.25, 0.3) is 5.91 Å². The second-order valence-corrected chi connectivity index (χ2v) is 7.24. The summed E-state index contributed by atoms with van der Waals surface area (Å²) in [5, 5.41) is 6.89. The van der Waals surface area contributed by atoms with Gasteiger partial charge in [0.15, 0.2) is 5.82 Å². The molecule has 0 saturated heterocycles. The summed E-state index contributed by atoms with van der Waals surface area (Å²) >= 11 is 7.34. The highest BCUT2D eigenvalue weighted by Gasteiger charge is 2.26. The third-order valence-corrected chi connectivity index (χ3v) is 5.14. The van der Waals surface area contributed by atoms with Gasteiger partial charge in [0, 0.05) is 16.5 Å². The number of benzene rings is 2. The normalized spacial score (nSPS) is 11.6. The van der Waals surface area contributed by atoms with E-state index in [4.69, 9.17) is 20.9 Å². The molecule has 0 bridgehead atoms. The fourth-order valence-electron chi connectivity index (χ4n) is 2.38. The zero-order chi connectivity index (χ0) is 19.9. The number of amides is 1. The van der Waals surface area contributed by atoms with Crippen LogP contribution in [0.15, 0.2) is 70.1 Å². The quantitative estimate of drug-likeness (QED) is 0.446. The summed E-state index contributed by atoms with van der Waals surface area (Å²) in [6, 6.07) is 17.6. The molecule has 144 valence electrons. The summed E-state index contributed by atoms with van der Waals surface area (Å²) in [7, 11) is 0. The lowest BCUT2D eigenvalue weighted by molar-refractivity contribution is -0.152. The number of rotatable bonds is 7. The fourth-order valence-corrected chi connectivity index (χ4v) is 3.40. The molecule has 0 radical (unpaired) electrons. The van der Waals surface area contributed by atoms with Crippen molar-refractivity contribution in [2.45, 2.75) is 17.9 Å². The van der Waals surface area contributed by atoms with Crippen LogP contribution in [0.4, 0.5) is 5.82 Å². The summed E-state index contributed by atoms with van der Waals surface area (Å²) in [6.45, 7) is 1.71. The third-order valence-electron chi connectivity index (χ3n) is 3.65. The summed E-state index contributed by atoms with van der Waals surface area (Å²) in [4.78, 5) is 25.8. The average Bonchev–Trinajstić information content (AvgIpc) is 3.10. The van der Waals surface area contributed by atoms with E-state index < -0.39 is 18.0 Å². The van der Waals surface area contributed by atoms with Crippen LogP contribution in [0.5, 0.6) is 0 Å². The molecule has 3 rings (SSSR count). The number of ether oxygens (including phenoxy) is 1. The number of nitrogens with one attached hydrogen (secondary N) is 1. The Morgan fingerprint density at radius 2 is 1.89 bits per heavy atom. The maximum absolute atomic E-state index is 12.7. The number of thioether (sulfide) groups is 1. The number of carbonyl (C=O) groups is 2. The molecular weight excluding hydrogens is 400 g/mol. The van der Waals surface area contributed by atoms with Crippen molar-refractivity contribution in [2.24, 2.45) is 0 Å². The molecule has 0 spiro atoms. The SMILES string of the molecule is Cc1cc(NC(=O)C(OC(=O)CSc2ccccc2Cl)c2ccccc2)no1. The number of anilines is 1. The van der Waals surface area contributed by atoms with Gasteiger partial charge in [0.05, 0.1) is 10.8 Å². The molecule has 3 aromatic rings. The van der Waals surface area contributed by atoms with Crippen LogP contribution in [-0.2, 0) is 14.3 Å². The number of halogens is 1. The Morgan fingerprint density at radius 1 is 1.18 bits per heavy atom. The van der Waals surface area contributed by atoms with Gasteiger partial charge in [-0.15, -0.1) is 11.8 Å². The van der Waals surface area contributed by atoms with E-state index >= 15 is 0 Å². The lowest BCUT2D eigenvalue weighted by atomic mass is 10.1. The molecule has 1 amide bonds. The molecule has 1 N–H and O–H groups in total. The number of hydrogen-bond acceptors (Lipinski definition) is 6. The third kappa shape index (κ3) is 5.37. The van der Waals surface area contributed by atoms with Gasteiger partial charge in [0.1, 0.15) is 5.76 Å². The lowest BCUT2D eigenvalue weighted by Gasteiger charge is -2.17. The Labute approximate surface area is 171 Å². The molecule has 2 aromatic carbocycles. The van der Waals surface area contributed by atoms with E-state index in [0.29, 0.717) is 16.3 Å². The molecule has 1 aromatic heterocycles. The summed E-state index contributed by atoms with van der Waals surface area (Å²) < 4.78 is 10.4. The van der Waals surface area contributed by atoms with Crippen molar-refractivity contribution in [3.63, 3.8) is 0 Å². The molecule has 6 nitrogen and oxygen atoms in total. The van der Waals surface area contributed by atoms with Crippen LogP contribution < -0.4 is 5.32 Å². The molecule has 8 heteroatoms. The average molecular weight is 417 g/mol. The molecule has 0 saturated carbocycles. The minimum atomic E-state index is -1.11. The van der Waals surface area contributed by atoms with Gasteiger partial charge in [-0.2, -0.15) is 0 Å². The van der Waals surface area contributed by atoms with E-state index in [1.165, 1.54) is 11.8 Å². The zero-order valence-corrected chi connectivity index (χ0v) is 16.5. The van der Waals surface area contributed by atoms with Gasteiger partial charge in [-0.1, -0.05) is 59.2 Å². The summed E-state index contributed by atoms with van der Waals surface area (Å²) in [6.07, 6.45) is -1.11. The predicted octanol–water partition coefficient (Wildman–Crippen LogP) is 4.65. The van der Waals surface area contributed by atoms with Crippen molar-refractivity contribution in [3.05, 3.63) is 77.0 Å². The molecule has 1 atom stereocenters. The standard InChI is InChI=1S/C20H17ClN2O4S/c1-13-11-17(23-27-13)22-20(25)19(14-7-3-2-4-8-14)26-18(24)12-28-16-10-6-5-9-15(16)21/h2-11,19H,12H2,1H3,(H,22,23,25). The van der Waals surface area contributed by atoms with Crippen molar-refractivity contribution in [2.75, 3.05) is 11.1 Å². The highest BCUT2D eigenvalue weighted by molar-refractivity contribution is 8.00. The van der Waals surface area contributed by atoms with E-state index in [9.17, 15) is 9.59 Å². The molecule has 0 aliphatic carbocycles. The van der Waals surface area contributed by atoms with Gasteiger partial charge in [-0.25, -0.2) is 0 Å². The summed E-state index contributed by atoms with van der Waals surface area (Å²) in [5.41, 5.74) is 0.552. The van der Waals surface area contributed by atoms with Crippen molar-refractivity contribution in [3.8, 4) is 0 Å². The number of aromatic nitrogens is 1. The molecule has 28 heavy (non-hydrogen) atoms. The number of esters is 1. The van der Waals surface area contributed by atoms with E-state index in [-0.39, 0.29) is 11.6 Å². The smallest absolute Gasteiger partial charge is 0.317 e. The van der Waals surface area contributed by atoms with Gasteiger partial charge in [-0.05, 0) is 19.1 Å². The van der Waals surface area contributed by atoms with Crippen LogP contribution in [0.25, 0.3) is 0 Å². The predicted molar refractivity (Wildman–Crippen MR) is 107 cm³/mol. The van der Waals surface area contributed by atoms with Crippen molar-refractivity contribution >= 4 is 41.1 Å². The minimum absolute atomic E-state index is 0.0173. The van der Waals surface area contributed by atoms with Crippen LogP contribution in [0.1, 0.15) is 17.4 Å². The Bertz CT molecular complexity index is 962. The fraction of sp³-hybridized carbons (Fsp3) is 0.150. The second kappa shape index (κ2) is 9.43. The van der Waals surface area contributed by atoms with Crippen molar-refractivity contribution < 1.29 is 18.8 Å². The molecule has 0 aliphatic rings. The Morgan fingerprint density at radius 3 is 2.57 bits per heavy atom. The highest BCUT2D eigenvalue weighted by Crippen LogP contribution is 2.27. The van der Waals surface area contributed by atoms with E-state index in [1.54, 1.807) is 43.3 Å². The highest BCUT2D eigenvalue weighted by atomic mass is 35.5. The first-order valence-corrected chi connectivity index (χ1v) is 9.75. The number of nitrogens with zero attached hydrogens (tertiary/aromatic N) is 1. The number of hydrogen-bond donors (Lipinski definition) is 1. The van der Waals surface area contributed by atoms with Crippen molar-refractivity contribution in [1.82, 2.24) is 5.16 Å². The minimum Gasteiger partial charge on any atom is -0.447 e. The second-order valence-electron chi connectivity index (χ2n) is 5.81. The van der Waals surface area contributed by atoms with Gasteiger partial charge in [0.2, 0.25) is 6.10 Å². The first kappa shape index (κ1) is 20.0. The van der Waals surface area contributed by atoms with Gasteiger partial charge in [-0.3, -0.25) is 9.59 Å². The Balaban J connectivity index is 1.69. The number of aryl methyl sites for hydroxylation is 1. The maximum atomic E-state index is 12.7. The van der Waals surface area contributed by atoms with E-state index in [1.807, 2.05) is 24.3 Å². The first-order chi connectivity index (χ1) is 13.5. The molecule has 0 aliphatic heterocycles. The van der Waals surface area contributed by atoms with Gasteiger partial charge < -0.3 is 14.6 Å². The molecular formula is C20H17ClN2O4S. The van der Waals surface area contributed by atoms with E-state index in [0.717, 1.165) is 4.90 Å². The molecule has 1 heterocycles. The van der Waals surface area contributed by atoms with Gasteiger partial charge >= 0.3 is 5.97 Å². The van der Waals surface area contributed by atoms with Crippen LogP contribution in [0.2, 0.25) is 5.02 Å². The van der Waals surface area contributed by atoms with Crippen LogP contribution in [-0.4, -0.2) is 22.8 Å². The molecule has 1 unspecified atom stereocenters. The summed E-state index contributed by atoms with van der Waals surface area (Å²) in [5.74, 6) is -0.228. The largest absolute Gasteiger partial charge is 0.447 e. The van der Waals surface area contributed by atoms with Crippen LogP contribution >= 0.6 is 23.4 Å². The van der Waals surface area contributed by atoms with Crippen LogP contribution in [0, 0.1) is 6.92 Å².